The van der Waals surface area contributed by atoms with Gasteiger partial charge < -0.3 is 21.1 Å². The van der Waals surface area contributed by atoms with Crippen molar-refractivity contribution in [3.63, 3.8) is 0 Å². The maximum absolute atomic E-state index is 13.8. The quantitative estimate of drug-likeness (QED) is 0.813. The molecule has 0 bridgehead atoms. The monoisotopic (exact) mass is 295 g/mol. The second kappa shape index (κ2) is 6.65. The Bertz CT molecular complexity index is 522. The fraction of sp³-hybridized carbons (Fsp3) is 0.533. The van der Waals surface area contributed by atoms with Crippen LogP contribution in [0.4, 0.5) is 15.8 Å². The van der Waals surface area contributed by atoms with Crippen LogP contribution in [-0.2, 0) is 4.79 Å². The highest BCUT2D eigenvalue weighted by Gasteiger charge is 2.26. The second-order valence-corrected chi connectivity index (χ2v) is 5.38. The van der Waals surface area contributed by atoms with E-state index in [4.69, 9.17) is 16.2 Å². The molecule has 1 saturated heterocycles. The molecule has 21 heavy (non-hydrogen) atoms. The van der Waals surface area contributed by atoms with Gasteiger partial charge in [-0.25, -0.2) is 4.39 Å². The molecule has 1 aromatic carbocycles. The summed E-state index contributed by atoms with van der Waals surface area (Å²) in [5.74, 6) is -0.763. The Balaban J connectivity index is 2.23. The van der Waals surface area contributed by atoms with Gasteiger partial charge in [-0.1, -0.05) is 6.92 Å². The number of ether oxygens (including phenoxy) is 1. The van der Waals surface area contributed by atoms with E-state index in [-0.39, 0.29) is 17.6 Å². The Morgan fingerprint density at radius 1 is 1.52 bits per heavy atom. The number of primary amides is 1. The van der Waals surface area contributed by atoms with E-state index < -0.39 is 5.82 Å². The molecule has 1 aliphatic rings. The van der Waals surface area contributed by atoms with Crippen LogP contribution in [0, 0.1) is 11.7 Å². The van der Waals surface area contributed by atoms with Crippen LogP contribution in [0.1, 0.15) is 26.2 Å². The maximum Gasteiger partial charge on any atom is 0.222 e. The van der Waals surface area contributed by atoms with Crippen LogP contribution in [0.2, 0.25) is 0 Å². The predicted octanol–water partition coefficient (Wildman–Crippen LogP) is 1.90. The van der Waals surface area contributed by atoms with Crippen molar-refractivity contribution in [1.82, 2.24) is 0 Å². The number of hydrogen-bond acceptors (Lipinski definition) is 4. The molecule has 1 aliphatic heterocycles. The summed E-state index contributed by atoms with van der Waals surface area (Å²) in [7, 11) is 0. The van der Waals surface area contributed by atoms with Gasteiger partial charge in [0.15, 0.2) is 11.6 Å². The molecule has 1 amide bonds. The van der Waals surface area contributed by atoms with Gasteiger partial charge in [0.25, 0.3) is 0 Å². The highest BCUT2D eigenvalue weighted by atomic mass is 19.1. The first-order valence-electron chi connectivity index (χ1n) is 7.29. The molecule has 0 aliphatic carbocycles. The molecule has 6 heteroatoms. The first kappa shape index (κ1) is 15.4. The molecule has 0 aromatic heterocycles. The number of nitrogens with two attached hydrogens (primary N) is 2. The van der Waals surface area contributed by atoms with E-state index in [0.29, 0.717) is 24.5 Å². The zero-order valence-electron chi connectivity index (χ0n) is 12.3. The molecule has 1 aromatic rings. The smallest absolute Gasteiger partial charge is 0.222 e. The van der Waals surface area contributed by atoms with Gasteiger partial charge in [-0.2, -0.15) is 0 Å². The largest absolute Gasteiger partial charge is 0.490 e. The number of nitrogens with zero attached hydrogens (tertiary/aromatic N) is 1. The van der Waals surface area contributed by atoms with Gasteiger partial charge in [-0.15, -0.1) is 0 Å². The molecular formula is C15H22FN3O2. The topological polar surface area (TPSA) is 81.6 Å². The molecule has 5 nitrogen and oxygen atoms in total. The van der Waals surface area contributed by atoms with Crippen molar-refractivity contribution in [3.05, 3.63) is 17.9 Å². The van der Waals surface area contributed by atoms with Crippen molar-refractivity contribution in [3.8, 4) is 5.75 Å². The van der Waals surface area contributed by atoms with Gasteiger partial charge in [-0.3, -0.25) is 4.79 Å². The number of carbonyl (C=O) groups is 1. The lowest BCUT2D eigenvalue weighted by molar-refractivity contribution is -0.122. The molecule has 1 heterocycles. The van der Waals surface area contributed by atoms with E-state index in [9.17, 15) is 9.18 Å². The van der Waals surface area contributed by atoms with Gasteiger partial charge in [0.05, 0.1) is 23.9 Å². The summed E-state index contributed by atoms with van der Waals surface area (Å²) in [6, 6.07) is 2.89. The maximum atomic E-state index is 13.8. The lowest BCUT2D eigenvalue weighted by Crippen LogP contribution is -2.41. The Kier molecular flexibility index (Phi) is 4.88. The number of halogens is 1. The summed E-state index contributed by atoms with van der Waals surface area (Å²) >= 11 is 0. The van der Waals surface area contributed by atoms with Gasteiger partial charge in [0.1, 0.15) is 0 Å². The number of carbonyl (C=O) groups excluding carboxylic acids is 1. The molecular weight excluding hydrogens is 273 g/mol. The zero-order chi connectivity index (χ0) is 15.4. The highest BCUT2D eigenvalue weighted by Crippen LogP contribution is 2.33. The minimum Gasteiger partial charge on any atom is -0.490 e. The van der Waals surface area contributed by atoms with Crippen molar-refractivity contribution in [2.45, 2.75) is 26.2 Å². The Labute approximate surface area is 124 Å². The van der Waals surface area contributed by atoms with Crippen LogP contribution in [-0.4, -0.2) is 25.6 Å². The van der Waals surface area contributed by atoms with Crippen molar-refractivity contribution in [2.24, 2.45) is 11.7 Å². The lowest BCUT2D eigenvalue weighted by Gasteiger charge is -2.34. The number of rotatable bonds is 5. The predicted molar refractivity (Wildman–Crippen MR) is 80.7 cm³/mol. The van der Waals surface area contributed by atoms with Crippen LogP contribution >= 0.6 is 0 Å². The van der Waals surface area contributed by atoms with Crippen LogP contribution in [0.15, 0.2) is 12.1 Å². The van der Waals surface area contributed by atoms with Gasteiger partial charge >= 0.3 is 0 Å². The van der Waals surface area contributed by atoms with E-state index >= 15 is 0 Å². The Morgan fingerprint density at radius 2 is 2.29 bits per heavy atom. The Hall–Kier alpha value is -1.98. The summed E-state index contributed by atoms with van der Waals surface area (Å²) in [6.07, 6.45) is 2.44. The third-order valence-corrected chi connectivity index (χ3v) is 3.71. The molecule has 0 saturated carbocycles. The van der Waals surface area contributed by atoms with E-state index in [0.717, 1.165) is 25.8 Å². The molecule has 2 rings (SSSR count). The number of piperidine rings is 1. The van der Waals surface area contributed by atoms with Crippen molar-refractivity contribution >= 4 is 17.3 Å². The standard InChI is InChI=1S/C15H22FN3O2/c1-2-6-21-14-8-13(12(17)7-11(14)16)19-5-3-4-10(9-19)15(18)20/h7-8,10H,2-6,9,17H2,1H3,(H2,18,20). The number of anilines is 2. The summed E-state index contributed by atoms with van der Waals surface area (Å²) in [5, 5.41) is 0. The molecule has 1 atom stereocenters. The Morgan fingerprint density at radius 3 is 2.95 bits per heavy atom. The third-order valence-electron chi connectivity index (χ3n) is 3.71. The van der Waals surface area contributed by atoms with E-state index in [2.05, 4.69) is 0 Å². The van der Waals surface area contributed by atoms with Crippen LogP contribution in [0.3, 0.4) is 0 Å². The van der Waals surface area contributed by atoms with Crippen molar-refractivity contribution < 1.29 is 13.9 Å². The molecule has 116 valence electrons. The molecule has 4 N–H and O–H groups in total. The number of benzene rings is 1. The van der Waals surface area contributed by atoms with Gasteiger partial charge in [0, 0.05) is 25.2 Å². The average Bonchev–Trinajstić information content (AvgIpc) is 2.46. The summed E-state index contributed by atoms with van der Waals surface area (Å²) in [5.41, 5.74) is 12.4. The molecule has 1 fully saturated rings. The average molecular weight is 295 g/mol. The second-order valence-electron chi connectivity index (χ2n) is 5.38. The summed E-state index contributed by atoms with van der Waals surface area (Å²) in [6.45, 7) is 3.69. The van der Waals surface area contributed by atoms with Crippen molar-refractivity contribution in [2.75, 3.05) is 30.3 Å². The summed E-state index contributed by atoms with van der Waals surface area (Å²) < 4.78 is 19.2. The zero-order valence-corrected chi connectivity index (χ0v) is 12.3. The third kappa shape index (κ3) is 3.56. The first-order chi connectivity index (χ1) is 10.0. The fourth-order valence-electron chi connectivity index (χ4n) is 2.58. The first-order valence-corrected chi connectivity index (χ1v) is 7.29. The van der Waals surface area contributed by atoms with Crippen LogP contribution in [0.25, 0.3) is 0 Å². The highest BCUT2D eigenvalue weighted by molar-refractivity contribution is 5.78. The van der Waals surface area contributed by atoms with E-state index in [1.807, 2.05) is 11.8 Å². The number of hydrogen-bond donors (Lipinski definition) is 2. The van der Waals surface area contributed by atoms with Crippen LogP contribution < -0.4 is 21.1 Å². The van der Waals surface area contributed by atoms with Gasteiger partial charge in [-0.05, 0) is 19.3 Å². The van der Waals surface area contributed by atoms with Gasteiger partial charge in [0.2, 0.25) is 5.91 Å². The molecule has 0 radical (unpaired) electrons. The fourth-order valence-corrected chi connectivity index (χ4v) is 2.58. The SMILES string of the molecule is CCCOc1cc(N2CCCC(C(N)=O)C2)c(N)cc1F. The van der Waals surface area contributed by atoms with E-state index in [1.54, 1.807) is 6.07 Å². The minimum absolute atomic E-state index is 0.191. The number of nitrogen functional groups attached to an aromatic ring is 1. The lowest BCUT2D eigenvalue weighted by atomic mass is 9.97. The van der Waals surface area contributed by atoms with Crippen molar-refractivity contribution in [1.29, 1.82) is 0 Å². The van der Waals surface area contributed by atoms with E-state index in [1.165, 1.54) is 6.07 Å². The normalized spacial score (nSPS) is 18.6. The molecule has 1 unspecified atom stereocenters. The number of amides is 1. The minimum atomic E-state index is -0.465. The summed E-state index contributed by atoms with van der Waals surface area (Å²) in [4.78, 5) is 13.3. The molecule has 0 spiro atoms. The van der Waals surface area contributed by atoms with Crippen LogP contribution in [0.5, 0.6) is 5.75 Å².